The van der Waals surface area contributed by atoms with Gasteiger partial charge < -0.3 is 5.32 Å². The summed E-state index contributed by atoms with van der Waals surface area (Å²) in [6, 6.07) is 8.86. The van der Waals surface area contributed by atoms with Crippen LogP contribution in [0.4, 0.5) is 0 Å². The Balaban J connectivity index is 1.91. The van der Waals surface area contributed by atoms with Gasteiger partial charge in [0.1, 0.15) is 12.2 Å². The summed E-state index contributed by atoms with van der Waals surface area (Å²) in [7, 11) is 1.96. The monoisotopic (exact) mass is 242 g/mol. The standard InChI is InChI=1S/C14H18N4/c1-11-3-5-12(6-4-11)14(8-15-9-14)7-13-16-10-17-18(13)2/h3-6,10,15H,7-9H2,1-2H3. The van der Waals surface area contributed by atoms with Crippen molar-refractivity contribution < 1.29 is 0 Å². The van der Waals surface area contributed by atoms with E-state index in [-0.39, 0.29) is 5.41 Å². The molecule has 0 spiro atoms. The smallest absolute Gasteiger partial charge is 0.138 e. The van der Waals surface area contributed by atoms with Crippen molar-refractivity contribution in [2.24, 2.45) is 7.05 Å². The summed E-state index contributed by atoms with van der Waals surface area (Å²) in [4.78, 5) is 4.35. The van der Waals surface area contributed by atoms with Crippen molar-refractivity contribution in [3.63, 3.8) is 0 Å². The molecule has 0 radical (unpaired) electrons. The summed E-state index contributed by atoms with van der Waals surface area (Å²) in [6.45, 7) is 4.16. The molecule has 1 aliphatic rings. The molecule has 0 amide bonds. The molecular weight excluding hydrogens is 224 g/mol. The molecule has 0 aliphatic carbocycles. The number of nitrogens with one attached hydrogen (secondary N) is 1. The highest BCUT2D eigenvalue weighted by Crippen LogP contribution is 2.32. The highest BCUT2D eigenvalue weighted by Gasteiger charge is 2.39. The number of aromatic nitrogens is 3. The van der Waals surface area contributed by atoms with Crippen LogP contribution in [0.3, 0.4) is 0 Å². The molecule has 2 aromatic rings. The number of nitrogens with zero attached hydrogens (tertiary/aromatic N) is 3. The SMILES string of the molecule is Cc1ccc(C2(Cc3ncnn3C)CNC2)cc1. The fraction of sp³-hybridized carbons (Fsp3) is 0.429. The molecular formula is C14H18N4. The number of aryl methyl sites for hydroxylation is 2. The number of hydrogen-bond acceptors (Lipinski definition) is 3. The van der Waals surface area contributed by atoms with Crippen molar-refractivity contribution >= 4 is 0 Å². The molecule has 1 aromatic heterocycles. The van der Waals surface area contributed by atoms with Gasteiger partial charge in [-0.2, -0.15) is 5.10 Å². The van der Waals surface area contributed by atoms with Crippen LogP contribution >= 0.6 is 0 Å². The highest BCUT2D eigenvalue weighted by molar-refractivity contribution is 5.33. The molecule has 0 unspecified atom stereocenters. The lowest BCUT2D eigenvalue weighted by Gasteiger charge is -2.43. The lowest BCUT2D eigenvalue weighted by atomic mass is 9.72. The van der Waals surface area contributed by atoms with Gasteiger partial charge in [0.2, 0.25) is 0 Å². The van der Waals surface area contributed by atoms with Gasteiger partial charge in [0.05, 0.1) is 0 Å². The van der Waals surface area contributed by atoms with Crippen LogP contribution in [0, 0.1) is 6.92 Å². The van der Waals surface area contributed by atoms with Gasteiger partial charge in [-0.1, -0.05) is 29.8 Å². The number of benzene rings is 1. The zero-order valence-corrected chi connectivity index (χ0v) is 10.8. The predicted molar refractivity (Wildman–Crippen MR) is 70.4 cm³/mol. The molecule has 2 heterocycles. The van der Waals surface area contributed by atoms with Crippen molar-refractivity contribution in [1.82, 2.24) is 20.1 Å². The summed E-state index contributed by atoms with van der Waals surface area (Å²) in [5.74, 6) is 1.05. The molecule has 4 heteroatoms. The van der Waals surface area contributed by atoms with Gasteiger partial charge in [-0.15, -0.1) is 0 Å². The molecule has 18 heavy (non-hydrogen) atoms. The molecule has 0 saturated carbocycles. The zero-order valence-electron chi connectivity index (χ0n) is 10.8. The highest BCUT2D eigenvalue weighted by atomic mass is 15.3. The number of hydrogen-bond donors (Lipinski definition) is 1. The normalized spacial score (nSPS) is 17.4. The Bertz CT molecular complexity index is 537. The first-order valence-electron chi connectivity index (χ1n) is 6.30. The van der Waals surface area contributed by atoms with E-state index in [1.54, 1.807) is 6.33 Å². The molecule has 1 N–H and O–H groups in total. The van der Waals surface area contributed by atoms with Crippen molar-refractivity contribution in [2.45, 2.75) is 18.8 Å². The van der Waals surface area contributed by atoms with Crippen molar-refractivity contribution in [2.75, 3.05) is 13.1 Å². The molecule has 1 aliphatic heterocycles. The lowest BCUT2D eigenvalue weighted by Crippen LogP contribution is -2.58. The van der Waals surface area contributed by atoms with Crippen LogP contribution in [0.1, 0.15) is 17.0 Å². The average molecular weight is 242 g/mol. The summed E-state index contributed by atoms with van der Waals surface area (Å²) in [5.41, 5.74) is 2.89. The third-order valence-corrected chi connectivity index (χ3v) is 3.89. The van der Waals surface area contributed by atoms with E-state index < -0.39 is 0 Å². The molecule has 1 aromatic carbocycles. The van der Waals surface area contributed by atoms with Crippen LogP contribution in [0.5, 0.6) is 0 Å². The van der Waals surface area contributed by atoms with Crippen LogP contribution in [0.15, 0.2) is 30.6 Å². The summed E-state index contributed by atoms with van der Waals surface area (Å²) < 4.78 is 1.87. The van der Waals surface area contributed by atoms with Crippen molar-refractivity contribution in [1.29, 1.82) is 0 Å². The van der Waals surface area contributed by atoms with Crippen molar-refractivity contribution in [3.05, 3.63) is 47.5 Å². The first kappa shape index (κ1) is 11.4. The van der Waals surface area contributed by atoms with E-state index in [1.165, 1.54) is 11.1 Å². The molecule has 94 valence electrons. The molecule has 0 atom stereocenters. The van der Waals surface area contributed by atoms with Gasteiger partial charge >= 0.3 is 0 Å². The van der Waals surface area contributed by atoms with Crippen LogP contribution in [-0.4, -0.2) is 27.9 Å². The van der Waals surface area contributed by atoms with Gasteiger partial charge in [0.25, 0.3) is 0 Å². The van der Waals surface area contributed by atoms with Gasteiger partial charge in [0.15, 0.2) is 0 Å². The minimum atomic E-state index is 0.189. The van der Waals surface area contributed by atoms with Crippen LogP contribution in [0.2, 0.25) is 0 Å². The fourth-order valence-electron chi connectivity index (χ4n) is 2.55. The Morgan fingerprint density at radius 2 is 2.00 bits per heavy atom. The van der Waals surface area contributed by atoms with E-state index in [9.17, 15) is 0 Å². The Morgan fingerprint density at radius 3 is 2.50 bits per heavy atom. The van der Waals surface area contributed by atoms with E-state index in [2.05, 4.69) is 46.6 Å². The van der Waals surface area contributed by atoms with E-state index in [4.69, 9.17) is 0 Å². The molecule has 4 nitrogen and oxygen atoms in total. The largest absolute Gasteiger partial charge is 0.315 e. The third-order valence-electron chi connectivity index (χ3n) is 3.89. The Morgan fingerprint density at radius 1 is 1.28 bits per heavy atom. The zero-order chi connectivity index (χ0) is 12.6. The summed E-state index contributed by atoms with van der Waals surface area (Å²) in [6.07, 6.45) is 2.57. The average Bonchev–Trinajstić information content (AvgIpc) is 2.71. The third kappa shape index (κ3) is 1.82. The number of rotatable bonds is 3. The second-order valence-electron chi connectivity index (χ2n) is 5.23. The first-order chi connectivity index (χ1) is 8.70. The fourth-order valence-corrected chi connectivity index (χ4v) is 2.55. The maximum Gasteiger partial charge on any atom is 0.138 e. The molecule has 3 rings (SSSR count). The maximum atomic E-state index is 4.35. The summed E-state index contributed by atoms with van der Waals surface area (Å²) in [5, 5.41) is 7.54. The van der Waals surface area contributed by atoms with E-state index in [0.29, 0.717) is 0 Å². The van der Waals surface area contributed by atoms with Gasteiger partial charge in [-0.3, -0.25) is 4.68 Å². The van der Waals surface area contributed by atoms with Crippen LogP contribution in [-0.2, 0) is 18.9 Å². The van der Waals surface area contributed by atoms with Crippen LogP contribution in [0.25, 0.3) is 0 Å². The van der Waals surface area contributed by atoms with E-state index in [0.717, 1.165) is 25.3 Å². The lowest BCUT2D eigenvalue weighted by molar-refractivity contribution is 0.267. The Hall–Kier alpha value is -1.68. The molecule has 1 fully saturated rings. The Labute approximate surface area is 107 Å². The minimum absolute atomic E-state index is 0.189. The topological polar surface area (TPSA) is 42.7 Å². The second-order valence-corrected chi connectivity index (χ2v) is 5.23. The maximum absolute atomic E-state index is 4.35. The first-order valence-corrected chi connectivity index (χ1v) is 6.30. The van der Waals surface area contributed by atoms with Gasteiger partial charge in [-0.05, 0) is 12.5 Å². The minimum Gasteiger partial charge on any atom is -0.315 e. The van der Waals surface area contributed by atoms with Crippen molar-refractivity contribution in [3.8, 4) is 0 Å². The Kier molecular flexibility index (Phi) is 2.67. The van der Waals surface area contributed by atoms with Crippen LogP contribution < -0.4 is 5.32 Å². The van der Waals surface area contributed by atoms with Gasteiger partial charge in [-0.25, -0.2) is 4.98 Å². The predicted octanol–water partition coefficient (Wildman–Crippen LogP) is 1.21. The molecule has 1 saturated heterocycles. The summed E-state index contributed by atoms with van der Waals surface area (Å²) >= 11 is 0. The van der Waals surface area contributed by atoms with E-state index in [1.807, 2.05) is 11.7 Å². The van der Waals surface area contributed by atoms with E-state index >= 15 is 0 Å². The molecule has 0 bridgehead atoms. The second kappa shape index (κ2) is 4.21. The quantitative estimate of drug-likeness (QED) is 0.879. The van der Waals surface area contributed by atoms with Gasteiger partial charge in [0, 0.05) is 32.0 Å².